The number of nitro groups is 1. The number of rotatable bonds is 6. The number of carbonyl (C=O) groups excluding carboxylic acids is 1. The minimum absolute atomic E-state index is 0.0319. The summed E-state index contributed by atoms with van der Waals surface area (Å²) in [4.78, 5) is 34.8. The Hall–Kier alpha value is -3.99. The number of hydrogen-bond donors (Lipinski definition) is 1. The maximum Gasteiger partial charge on any atom is 0.275 e. The zero-order valence-corrected chi connectivity index (χ0v) is 14.8. The van der Waals surface area contributed by atoms with Crippen LogP contribution in [0.25, 0.3) is 10.8 Å². The lowest BCUT2D eigenvalue weighted by Crippen LogP contribution is -2.29. The van der Waals surface area contributed by atoms with Crippen molar-refractivity contribution in [1.29, 1.82) is 0 Å². The van der Waals surface area contributed by atoms with Gasteiger partial charge in [-0.3, -0.25) is 19.7 Å². The molecule has 8 nitrogen and oxygen atoms in total. The molecule has 0 radical (unpaired) electrons. The number of nitro benzene ring substituents is 1. The second-order valence-corrected chi connectivity index (χ2v) is 6.04. The molecule has 3 aromatic rings. The number of amides is 1. The van der Waals surface area contributed by atoms with E-state index in [-0.39, 0.29) is 36.7 Å². The van der Waals surface area contributed by atoms with Crippen molar-refractivity contribution in [3.8, 4) is 12.3 Å². The van der Waals surface area contributed by atoms with Crippen LogP contribution in [0.4, 0.5) is 5.69 Å². The van der Waals surface area contributed by atoms with E-state index in [0.29, 0.717) is 22.0 Å². The molecule has 8 heteroatoms. The van der Waals surface area contributed by atoms with Gasteiger partial charge < -0.3 is 5.32 Å². The average molecular weight is 376 g/mol. The largest absolute Gasteiger partial charge is 0.350 e. The lowest BCUT2D eigenvalue weighted by atomic mass is 10.1. The van der Waals surface area contributed by atoms with Crippen molar-refractivity contribution in [1.82, 2.24) is 15.1 Å². The van der Waals surface area contributed by atoms with Crippen LogP contribution < -0.4 is 10.9 Å². The van der Waals surface area contributed by atoms with Crippen LogP contribution in [-0.2, 0) is 24.3 Å². The average Bonchev–Trinajstić information content (AvgIpc) is 2.70. The van der Waals surface area contributed by atoms with Gasteiger partial charge in [0.25, 0.3) is 11.2 Å². The quantitative estimate of drug-likeness (QED) is 0.401. The Bertz CT molecular complexity index is 1140. The van der Waals surface area contributed by atoms with Crippen molar-refractivity contribution < 1.29 is 9.72 Å². The van der Waals surface area contributed by atoms with E-state index in [1.807, 2.05) is 0 Å². The first-order valence-electron chi connectivity index (χ1n) is 8.42. The molecule has 0 saturated carbocycles. The topological polar surface area (TPSA) is 107 Å². The molecule has 0 fully saturated rings. The van der Waals surface area contributed by atoms with E-state index in [2.05, 4.69) is 16.3 Å². The van der Waals surface area contributed by atoms with Crippen molar-refractivity contribution >= 4 is 22.4 Å². The molecule has 0 spiro atoms. The first-order chi connectivity index (χ1) is 13.5. The minimum Gasteiger partial charge on any atom is -0.350 e. The summed E-state index contributed by atoms with van der Waals surface area (Å²) < 4.78 is 1.19. The van der Waals surface area contributed by atoms with Crippen molar-refractivity contribution in [3.05, 3.63) is 80.3 Å². The van der Waals surface area contributed by atoms with E-state index in [0.717, 1.165) is 0 Å². The van der Waals surface area contributed by atoms with E-state index in [1.165, 1.54) is 16.8 Å². The Morgan fingerprint density at radius 1 is 1.18 bits per heavy atom. The van der Waals surface area contributed by atoms with Crippen LogP contribution in [0.1, 0.15) is 11.3 Å². The van der Waals surface area contributed by atoms with Crippen molar-refractivity contribution in [2.75, 3.05) is 0 Å². The Balaban J connectivity index is 1.76. The van der Waals surface area contributed by atoms with Gasteiger partial charge in [-0.15, -0.1) is 6.42 Å². The van der Waals surface area contributed by atoms with Gasteiger partial charge in [0.1, 0.15) is 6.54 Å². The molecule has 2 aromatic carbocycles. The number of fused-ring (bicyclic) bond motifs is 1. The lowest BCUT2D eigenvalue weighted by Gasteiger charge is -2.10. The highest BCUT2D eigenvalue weighted by molar-refractivity contribution is 5.84. The molecular formula is C20H16N4O4. The predicted molar refractivity (Wildman–Crippen MR) is 103 cm³/mol. The van der Waals surface area contributed by atoms with Gasteiger partial charge >= 0.3 is 0 Å². The molecule has 0 aliphatic rings. The monoisotopic (exact) mass is 376 g/mol. The highest BCUT2D eigenvalue weighted by Crippen LogP contribution is 2.14. The Kier molecular flexibility index (Phi) is 5.46. The van der Waals surface area contributed by atoms with Gasteiger partial charge in [0.2, 0.25) is 5.91 Å². The maximum absolute atomic E-state index is 12.4. The number of nitrogens with zero attached hydrogens (tertiary/aromatic N) is 3. The molecule has 3 rings (SSSR count). The van der Waals surface area contributed by atoms with Crippen molar-refractivity contribution in [2.45, 2.75) is 19.5 Å². The standard InChI is InChI=1S/C20H16N4O4/c1-2-11-23-20(26)17-6-4-3-5-16(17)18(22-23)13-21-19(25)12-14-7-9-15(10-8-14)24(27)28/h1,3-10H,11-13H2,(H,21,25). The SMILES string of the molecule is C#CCn1nc(CNC(=O)Cc2ccc([N+](=O)[O-])cc2)c2ccccc2c1=O. The third kappa shape index (κ3) is 4.04. The third-order valence-corrected chi connectivity index (χ3v) is 4.15. The number of aromatic nitrogens is 2. The van der Waals surface area contributed by atoms with Crippen LogP contribution in [0.5, 0.6) is 0 Å². The van der Waals surface area contributed by atoms with Crippen LogP contribution in [0.15, 0.2) is 53.3 Å². The van der Waals surface area contributed by atoms with E-state index in [4.69, 9.17) is 6.42 Å². The molecule has 0 atom stereocenters. The Morgan fingerprint density at radius 3 is 2.50 bits per heavy atom. The fourth-order valence-electron chi connectivity index (χ4n) is 2.80. The third-order valence-electron chi connectivity index (χ3n) is 4.15. The van der Waals surface area contributed by atoms with Gasteiger partial charge in [-0.2, -0.15) is 5.10 Å². The van der Waals surface area contributed by atoms with Gasteiger partial charge in [-0.05, 0) is 11.6 Å². The highest BCUT2D eigenvalue weighted by Gasteiger charge is 2.12. The first-order valence-corrected chi connectivity index (χ1v) is 8.42. The lowest BCUT2D eigenvalue weighted by molar-refractivity contribution is -0.384. The van der Waals surface area contributed by atoms with E-state index in [1.54, 1.807) is 36.4 Å². The summed E-state index contributed by atoms with van der Waals surface area (Å²) in [6, 6.07) is 12.8. The van der Waals surface area contributed by atoms with E-state index < -0.39 is 4.92 Å². The Labute approximate surface area is 160 Å². The second kappa shape index (κ2) is 8.14. The first kappa shape index (κ1) is 18.8. The van der Waals surface area contributed by atoms with Gasteiger partial charge in [-0.25, -0.2) is 4.68 Å². The summed E-state index contributed by atoms with van der Waals surface area (Å²) in [5.74, 6) is 2.12. The summed E-state index contributed by atoms with van der Waals surface area (Å²) in [7, 11) is 0. The Morgan fingerprint density at radius 2 is 1.86 bits per heavy atom. The molecule has 0 bridgehead atoms. The highest BCUT2D eigenvalue weighted by atomic mass is 16.6. The second-order valence-electron chi connectivity index (χ2n) is 6.04. The molecule has 28 heavy (non-hydrogen) atoms. The van der Waals surface area contributed by atoms with Crippen LogP contribution in [-0.4, -0.2) is 20.6 Å². The minimum atomic E-state index is -0.494. The van der Waals surface area contributed by atoms with Gasteiger partial charge in [-0.1, -0.05) is 36.3 Å². The summed E-state index contributed by atoms with van der Waals surface area (Å²) in [5, 5.41) is 18.8. The molecule has 0 saturated heterocycles. The fraction of sp³-hybridized carbons (Fsp3) is 0.150. The van der Waals surface area contributed by atoms with Gasteiger partial charge in [0.15, 0.2) is 0 Å². The number of carbonyl (C=O) groups is 1. The predicted octanol–water partition coefficient (Wildman–Crippen LogP) is 1.80. The summed E-state index contributed by atoms with van der Waals surface area (Å²) in [5.41, 5.74) is 0.867. The van der Waals surface area contributed by atoms with Gasteiger partial charge in [0, 0.05) is 17.5 Å². The molecule has 1 N–H and O–H groups in total. The van der Waals surface area contributed by atoms with Crippen LogP contribution in [0.2, 0.25) is 0 Å². The summed E-state index contributed by atoms with van der Waals surface area (Å²) in [6.45, 7) is 0.157. The molecular weight excluding hydrogens is 360 g/mol. The van der Waals surface area contributed by atoms with E-state index in [9.17, 15) is 19.7 Å². The fourth-order valence-corrected chi connectivity index (χ4v) is 2.80. The smallest absolute Gasteiger partial charge is 0.275 e. The molecule has 1 aromatic heterocycles. The van der Waals surface area contributed by atoms with Gasteiger partial charge in [0.05, 0.1) is 29.0 Å². The number of non-ortho nitro benzene ring substituents is 1. The molecule has 0 aliphatic carbocycles. The van der Waals surface area contributed by atoms with Crippen molar-refractivity contribution in [2.24, 2.45) is 0 Å². The normalized spacial score (nSPS) is 10.4. The molecule has 0 unspecified atom stereocenters. The molecule has 1 amide bonds. The molecule has 140 valence electrons. The maximum atomic E-state index is 12.4. The number of benzene rings is 2. The molecule has 1 heterocycles. The zero-order valence-electron chi connectivity index (χ0n) is 14.8. The van der Waals surface area contributed by atoms with Crippen molar-refractivity contribution in [3.63, 3.8) is 0 Å². The molecule has 0 aliphatic heterocycles. The number of hydrogen-bond acceptors (Lipinski definition) is 5. The van der Waals surface area contributed by atoms with Crippen LogP contribution in [0, 0.1) is 22.5 Å². The van der Waals surface area contributed by atoms with E-state index >= 15 is 0 Å². The number of nitrogens with one attached hydrogen (secondary N) is 1. The number of terminal acetylenes is 1. The zero-order chi connectivity index (χ0) is 20.1. The summed E-state index contributed by atoms with van der Waals surface area (Å²) in [6.07, 6.45) is 5.37. The van der Waals surface area contributed by atoms with Crippen LogP contribution >= 0.6 is 0 Å². The van der Waals surface area contributed by atoms with Crippen LogP contribution in [0.3, 0.4) is 0 Å². The summed E-state index contributed by atoms with van der Waals surface area (Å²) >= 11 is 0.